The quantitative estimate of drug-likeness (QED) is 0.0334. The minimum absolute atomic E-state index is 0.0920. The minimum atomic E-state index is -4.27. The van der Waals surface area contributed by atoms with E-state index in [1.54, 1.807) is 0 Å². The first-order valence-electron chi connectivity index (χ1n) is 16.8. The van der Waals surface area contributed by atoms with Gasteiger partial charge in [-0.25, -0.2) is 4.57 Å². The number of carbonyl (C=O) groups is 1. The van der Waals surface area contributed by atoms with Crippen molar-refractivity contribution >= 4 is 13.8 Å². The van der Waals surface area contributed by atoms with Gasteiger partial charge in [0.2, 0.25) is 0 Å². The first kappa shape index (κ1) is 42.2. The zero-order valence-corrected chi connectivity index (χ0v) is 28.5. The molecule has 0 spiro atoms. The predicted octanol–water partition coefficient (Wildman–Crippen LogP) is 9.07. The van der Waals surface area contributed by atoms with Gasteiger partial charge in [-0.2, -0.15) is 0 Å². The Hall–Kier alpha value is -1.80. The second-order valence-corrected chi connectivity index (χ2v) is 12.1. The number of allylic oxidation sites excluding steroid dienone is 10. The number of phosphoric acid groups is 1. The third-order valence-electron chi connectivity index (χ3n) is 6.45. The highest BCUT2D eigenvalue weighted by atomic mass is 31.2. The van der Waals surface area contributed by atoms with Crippen LogP contribution in [0, 0.1) is 0 Å². The maximum absolute atomic E-state index is 12.4. The standard InChI is InChI=1S/C35H62NO7P/c1-3-5-7-9-11-12-13-14-15-16-17-18-19-20-21-22-23-24-26-28-35(37)43-34(33-42-44(38,39)41-31-29-36)32-40-30-27-25-10-8-6-4-2/h5,7,11-12,14-15,17-18,20-21,34H,3-4,6,8-10,13,16,19,22-33,36H2,1-2H3,(H,38,39)/b7-5-,12-11-,15-14-,18-17-,21-20-. The van der Waals surface area contributed by atoms with Gasteiger partial charge in [0.15, 0.2) is 0 Å². The molecule has 0 amide bonds. The second-order valence-electron chi connectivity index (χ2n) is 10.6. The molecule has 0 aliphatic heterocycles. The molecule has 0 fully saturated rings. The molecule has 44 heavy (non-hydrogen) atoms. The van der Waals surface area contributed by atoms with Gasteiger partial charge in [0, 0.05) is 19.6 Å². The van der Waals surface area contributed by atoms with Gasteiger partial charge < -0.3 is 20.1 Å². The van der Waals surface area contributed by atoms with Crippen LogP contribution in [0.2, 0.25) is 0 Å². The summed E-state index contributed by atoms with van der Waals surface area (Å²) in [7, 11) is -4.27. The van der Waals surface area contributed by atoms with Gasteiger partial charge in [0.25, 0.3) is 0 Å². The lowest BCUT2D eigenvalue weighted by molar-refractivity contribution is -0.154. The van der Waals surface area contributed by atoms with Gasteiger partial charge >= 0.3 is 13.8 Å². The van der Waals surface area contributed by atoms with Gasteiger partial charge in [-0.15, -0.1) is 0 Å². The minimum Gasteiger partial charge on any atom is -0.457 e. The Morgan fingerprint density at radius 1 is 0.705 bits per heavy atom. The van der Waals surface area contributed by atoms with Crippen LogP contribution >= 0.6 is 7.82 Å². The lowest BCUT2D eigenvalue weighted by Gasteiger charge is -2.20. The smallest absolute Gasteiger partial charge is 0.457 e. The molecule has 0 saturated heterocycles. The zero-order chi connectivity index (χ0) is 32.4. The van der Waals surface area contributed by atoms with Crippen molar-refractivity contribution in [2.45, 2.75) is 123 Å². The number of rotatable bonds is 31. The Bertz CT molecular complexity index is 854. The largest absolute Gasteiger partial charge is 0.472 e. The van der Waals surface area contributed by atoms with Crippen molar-refractivity contribution < 1.29 is 32.8 Å². The summed E-state index contributed by atoms with van der Waals surface area (Å²) in [5, 5.41) is 0. The predicted molar refractivity (Wildman–Crippen MR) is 182 cm³/mol. The Labute approximate surface area is 268 Å². The highest BCUT2D eigenvalue weighted by Crippen LogP contribution is 2.43. The van der Waals surface area contributed by atoms with Crippen molar-refractivity contribution in [2.75, 3.05) is 33.0 Å². The van der Waals surface area contributed by atoms with Crippen LogP contribution < -0.4 is 5.73 Å². The van der Waals surface area contributed by atoms with Crippen LogP contribution in [-0.2, 0) is 27.9 Å². The fourth-order valence-corrected chi connectivity index (χ4v) is 4.79. The van der Waals surface area contributed by atoms with E-state index in [1.165, 1.54) is 25.7 Å². The monoisotopic (exact) mass is 639 g/mol. The molecule has 8 nitrogen and oxygen atoms in total. The van der Waals surface area contributed by atoms with Crippen LogP contribution in [0.25, 0.3) is 0 Å². The lowest BCUT2D eigenvalue weighted by Crippen LogP contribution is -2.28. The third kappa shape index (κ3) is 31.6. The molecule has 0 aliphatic carbocycles. The summed E-state index contributed by atoms with van der Waals surface area (Å²) in [5.41, 5.74) is 5.32. The fourth-order valence-electron chi connectivity index (χ4n) is 4.02. The summed E-state index contributed by atoms with van der Waals surface area (Å²) >= 11 is 0. The van der Waals surface area contributed by atoms with Gasteiger partial charge in [-0.05, 0) is 57.8 Å². The number of ether oxygens (including phenoxy) is 2. The summed E-state index contributed by atoms with van der Waals surface area (Å²) in [6.45, 7) is 4.67. The molecule has 2 atom stereocenters. The first-order chi connectivity index (χ1) is 21.4. The van der Waals surface area contributed by atoms with E-state index in [9.17, 15) is 14.3 Å². The molecule has 0 aromatic rings. The SMILES string of the molecule is CC/C=C\C/C=C\C/C=C\C/C=C\C/C=C\CCCCCC(=O)OC(COCCCCCCCC)COP(=O)(O)OCCN. The molecule has 0 aliphatic rings. The zero-order valence-electron chi connectivity index (χ0n) is 27.6. The summed E-state index contributed by atoms with van der Waals surface area (Å²) in [6.07, 6.45) is 36.8. The van der Waals surface area contributed by atoms with Crippen LogP contribution in [0.15, 0.2) is 60.8 Å². The van der Waals surface area contributed by atoms with Crippen molar-refractivity contribution in [3.63, 3.8) is 0 Å². The fraction of sp³-hybridized carbons (Fsp3) is 0.686. The molecule has 254 valence electrons. The van der Waals surface area contributed by atoms with Crippen molar-refractivity contribution in [3.8, 4) is 0 Å². The molecule has 0 rings (SSSR count). The van der Waals surface area contributed by atoms with E-state index in [0.29, 0.717) is 13.0 Å². The van der Waals surface area contributed by atoms with Crippen LogP contribution in [0.1, 0.15) is 117 Å². The number of hydrogen-bond donors (Lipinski definition) is 2. The molecule has 0 heterocycles. The third-order valence-corrected chi connectivity index (χ3v) is 7.43. The highest BCUT2D eigenvalue weighted by molar-refractivity contribution is 7.47. The molecular formula is C35H62NO7P. The number of esters is 1. The molecule has 3 N–H and O–H groups in total. The van der Waals surface area contributed by atoms with E-state index in [2.05, 4.69) is 74.6 Å². The molecule has 9 heteroatoms. The molecule has 0 saturated carbocycles. The molecule has 2 unspecified atom stereocenters. The van der Waals surface area contributed by atoms with E-state index < -0.39 is 13.9 Å². The summed E-state index contributed by atoms with van der Waals surface area (Å²) in [5.74, 6) is -0.368. The number of nitrogens with two attached hydrogens (primary N) is 1. The van der Waals surface area contributed by atoms with E-state index in [0.717, 1.165) is 64.2 Å². The number of carbonyl (C=O) groups excluding carboxylic acids is 1. The van der Waals surface area contributed by atoms with Gasteiger partial charge in [0.05, 0.1) is 19.8 Å². The summed E-state index contributed by atoms with van der Waals surface area (Å²) < 4.78 is 33.0. The van der Waals surface area contributed by atoms with E-state index in [-0.39, 0.29) is 38.8 Å². The Kier molecular flexibility index (Phi) is 31.3. The normalized spacial score (nSPS) is 14.5. The van der Waals surface area contributed by atoms with Crippen LogP contribution in [-0.4, -0.2) is 49.9 Å². The Morgan fingerprint density at radius 2 is 1.27 bits per heavy atom. The van der Waals surface area contributed by atoms with E-state index in [1.807, 2.05) is 0 Å². The maximum atomic E-state index is 12.4. The van der Waals surface area contributed by atoms with Crippen LogP contribution in [0.3, 0.4) is 0 Å². The highest BCUT2D eigenvalue weighted by Gasteiger charge is 2.25. The average Bonchev–Trinajstić information content (AvgIpc) is 3.01. The van der Waals surface area contributed by atoms with Crippen molar-refractivity contribution in [3.05, 3.63) is 60.8 Å². The Balaban J connectivity index is 4.15. The summed E-state index contributed by atoms with van der Waals surface area (Å²) in [4.78, 5) is 22.2. The van der Waals surface area contributed by atoms with Crippen molar-refractivity contribution in [1.29, 1.82) is 0 Å². The molecule has 0 aromatic carbocycles. The van der Waals surface area contributed by atoms with Crippen LogP contribution in [0.4, 0.5) is 0 Å². The van der Waals surface area contributed by atoms with E-state index >= 15 is 0 Å². The summed E-state index contributed by atoms with van der Waals surface area (Å²) in [6, 6.07) is 0. The molecule has 0 aromatic heterocycles. The van der Waals surface area contributed by atoms with Gasteiger partial charge in [0.1, 0.15) is 6.10 Å². The van der Waals surface area contributed by atoms with Crippen molar-refractivity contribution in [1.82, 2.24) is 0 Å². The number of unbranched alkanes of at least 4 members (excludes halogenated alkanes) is 8. The second kappa shape index (κ2) is 32.6. The van der Waals surface area contributed by atoms with E-state index in [4.69, 9.17) is 24.3 Å². The molecule has 0 bridgehead atoms. The first-order valence-corrected chi connectivity index (χ1v) is 18.3. The lowest BCUT2D eigenvalue weighted by atomic mass is 10.1. The number of hydrogen-bond acceptors (Lipinski definition) is 7. The Morgan fingerprint density at radius 3 is 1.89 bits per heavy atom. The van der Waals surface area contributed by atoms with Gasteiger partial charge in [-0.3, -0.25) is 13.8 Å². The topological polar surface area (TPSA) is 117 Å². The van der Waals surface area contributed by atoms with Gasteiger partial charge in [-0.1, -0.05) is 113 Å². The van der Waals surface area contributed by atoms with Crippen molar-refractivity contribution in [2.24, 2.45) is 5.73 Å². The average molecular weight is 640 g/mol. The maximum Gasteiger partial charge on any atom is 0.472 e. The number of phosphoric ester groups is 1. The van der Waals surface area contributed by atoms with Crippen LogP contribution in [0.5, 0.6) is 0 Å². The molecule has 0 radical (unpaired) electrons. The molecular weight excluding hydrogens is 577 g/mol.